The second kappa shape index (κ2) is 75.1. The standard InChI is InChI=1S/C85H134O17P2/c1-5-9-13-17-21-25-29-33-37-38-39-40-44-46-50-54-58-62-66-70-83(88)96-76-81(102-85(90)72-68-64-60-56-52-48-43-36-32-28-24-20-16-12-8-4)78-100-104(93,94)98-74-79(86)73-97-103(91,92)99-77-80(101-84(89)71-67-63-59-55-51-47-42-35-31-27-23-19-15-11-7-3)75-95-82(87)69-65-61-57-53-49-45-41-34-30-26-22-18-14-10-6-2/h9-16,21-28,33-37,39-43,46,50,52,56,58,62,79-81,86H,5-8,17-20,29-32,38,44-45,47-49,51,53-55,57,59-61,63-78H2,1-4H3,(H,91,92)(H,93,94)/b13-9-,14-10-,15-11-,16-12-,25-21-,26-22-,27-23-,28-24-,37-33-,40-39-,41-34-,42-35-,43-36-,50-46-,56-52-,62-58-. The molecule has 0 spiro atoms. The van der Waals surface area contributed by atoms with Crippen molar-refractivity contribution in [2.24, 2.45) is 0 Å². The summed E-state index contributed by atoms with van der Waals surface area (Å²) in [5.41, 5.74) is 0. The molecule has 0 aliphatic heterocycles. The number of phosphoric ester groups is 2. The van der Waals surface area contributed by atoms with Crippen LogP contribution < -0.4 is 0 Å². The van der Waals surface area contributed by atoms with Crippen LogP contribution in [-0.2, 0) is 65.4 Å². The molecule has 0 aromatic carbocycles. The summed E-state index contributed by atoms with van der Waals surface area (Å²) in [4.78, 5) is 72.9. The predicted molar refractivity (Wildman–Crippen MR) is 426 cm³/mol. The minimum absolute atomic E-state index is 0.0180. The van der Waals surface area contributed by atoms with Gasteiger partial charge in [-0.3, -0.25) is 37.3 Å². The molecule has 0 rings (SSSR count). The van der Waals surface area contributed by atoms with Gasteiger partial charge in [-0.2, -0.15) is 0 Å². The molecular formula is C85H134O17P2. The quantitative estimate of drug-likeness (QED) is 0.0169. The maximum atomic E-state index is 13.1. The molecule has 0 aromatic heterocycles. The average Bonchev–Trinajstić information content (AvgIpc) is 0.918. The summed E-state index contributed by atoms with van der Waals surface area (Å²) in [5, 5.41) is 10.6. The summed E-state index contributed by atoms with van der Waals surface area (Å²) in [6, 6.07) is 0. The van der Waals surface area contributed by atoms with Crippen molar-refractivity contribution in [3.63, 3.8) is 0 Å². The van der Waals surface area contributed by atoms with Crippen molar-refractivity contribution in [1.29, 1.82) is 0 Å². The third-order valence-electron chi connectivity index (χ3n) is 15.1. The fourth-order valence-corrected chi connectivity index (χ4v) is 10.9. The lowest BCUT2D eigenvalue weighted by atomic mass is 10.1. The maximum absolute atomic E-state index is 13.1. The maximum Gasteiger partial charge on any atom is 0.472 e. The molecule has 0 aliphatic rings. The van der Waals surface area contributed by atoms with Gasteiger partial charge in [-0.1, -0.05) is 261 Å². The van der Waals surface area contributed by atoms with Gasteiger partial charge in [0, 0.05) is 25.7 Å². The monoisotopic (exact) mass is 1490 g/mol. The molecule has 3 N–H and O–H groups in total. The van der Waals surface area contributed by atoms with E-state index in [0.717, 1.165) is 167 Å². The second-order valence-corrected chi connectivity index (χ2v) is 27.7. The summed E-state index contributed by atoms with van der Waals surface area (Å²) in [7, 11) is -10.0. The first-order chi connectivity index (χ1) is 50.7. The predicted octanol–water partition coefficient (Wildman–Crippen LogP) is 22.5. The van der Waals surface area contributed by atoms with Gasteiger partial charge >= 0.3 is 39.5 Å². The Balaban J connectivity index is 5.51. The minimum Gasteiger partial charge on any atom is -0.462 e. The van der Waals surface area contributed by atoms with Crippen LogP contribution in [0, 0.1) is 0 Å². The average molecular weight is 1490 g/mol. The lowest BCUT2D eigenvalue weighted by Gasteiger charge is -2.21. The zero-order chi connectivity index (χ0) is 76.0. The summed E-state index contributed by atoms with van der Waals surface area (Å²) >= 11 is 0. The lowest BCUT2D eigenvalue weighted by molar-refractivity contribution is -0.161. The highest BCUT2D eigenvalue weighted by molar-refractivity contribution is 7.47. The normalized spacial score (nSPS) is 15.0. The van der Waals surface area contributed by atoms with Gasteiger partial charge in [-0.15, -0.1) is 0 Å². The van der Waals surface area contributed by atoms with Gasteiger partial charge in [0.25, 0.3) is 0 Å². The van der Waals surface area contributed by atoms with E-state index in [1.807, 2.05) is 24.3 Å². The van der Waals surface area contributed by atoms with Crippen molar-refractivity contribution < 1.29 is 80.2 Å². The van der Waals surface area contributed by atoms with Crippen LogP contribution in [0.25, 0.3) is 0 Å². The Hall–Kier alpha value is -6.10. The van der Waals surface area contributed by atoms with Gasteiger partial charge in [-0.25, -0.2) is 9.13 Å². The number of allylic oxidation sites excluding steroid dienone is 32. The van der Waals surface area contributed by atoms with Crippen LogP contribution in [0.15, 0.2) is 194 Å². The number of ether oxygens (including phenoxy) is 4. The highest BCUT2D eigenvalue weighted by Crippen LogP contribution is 2.45. The molecule has 17 nitrogen and oxygen atoms in total. The van der Waals surface area contributed by atoms with E-state index in [2.05, 4.69) is 198 Å². The Morgan fingerprint density at radius 3 is 0.798 bits per heavy atom. The first-order valence-electron chi connectivity index (χ1n) is 38.7. The number of hydrogen-bond donors (Lipinski definition) is 3. The van der Waals surface area contributed by atoms with Crippen molar-refractivity contribution in [3.05, 3.63) is 194 Å². The molecule has 5 unspecified atom stereocenters. The Labute approximate surface area is 627 Å². The van der Waals surface area contributed by atoms with E-state index in [1.165, 1.54) is 0 Å². The molecule has 19 heteroatoms. The number of carbonyl (C=O) groups is 4. The molecule has 0 saturated heterocycles. The van der Waals surface area contributed by atoms with Crippen molar-refractivity contribution in [1.82, 2.24) is 0 Å². The van der Waals surface area contributed by atoms with Crippen LogP contribution in [-0.4, -0.2) is 96.7 Å². The molecule has 0 bridgehead atoms. The van der Waals surface area contributed by atoms with E-state index < -0.39 is 97.5 Å². The SMILES string of the molecule is CC/C=C\C/C=C\C/C=C\C/C=C\C/C=C\C/C=C\CCC(=O)OCC(COP(=O)(O)OCC(O)COP(=O)(O)OCC(COC(=O)CCCCCCC/C=C\C/C=C\C/C=C\CC)OC(=O)CCCCCCC/C=C\C/C=C\C/C=C\CC)OC(=O)CCCC/C=C\C/C=C\C/C=C\C/C=C\CC. The largest absolute Gasteiger partial charge is 0.472 e. The van der Waals surface area contributed by atoms with Crippen LogP contribution >= 0.6 is 15.6 Å². The lowest BCUT2D eigenvalue weighted by Crippen LogP contribution is -2.30. The Morgan fingerprint density at radius 1 is 0.269 bits per heavy atom. The van der Waals surface area contributed by atoms with E-state index in [1.54, 1.807) is 0 Å². The first kappa shape index (κ1) is 97.9. The molecule has 0 saturated carbocycles. The molecule has 586 valence electrons. The zero-order valence-corrected chi connectivity index (χ0v) is 65.6. The van der Waals surface area contributed by atoms with Crippen LogP contribution in [0.3, 0.4) is 0 Å². The number of phosphoric acid groups is 2. The van der Waals surface area contributed by atoms with Gasteiger partial charge in [0.05, 0.1) is 26.4 Å². The van der Waals surface area contributed by atoms with Crippen molar-refractivity contribution in [2.75, 3.05) is 39.6 Å². The number of hydrogen-bond acceptors (Lipinski definition) is 15. The van der Waals surface area contributed by atoms with Gasteiger partial charge in [0.15, 0.2) is 12.2 Å². The molecule has 0 aliphatic carbocycles. The zero-order valence-electron chi connectivity index (χ0n) is 63.9. The van der Waals surface area contributed by atoms with Gasteiger partial charge in [-0.05, 0) is 167 Å². The van der Waals surface area contributed by atoms with Crippen LogP contribution in [0.4, 0.5) is 0 Å². The summed E-state index contributed by atoms with van der Waals surface area (Å²) in [6.07, 6.45) is 91.5. The number of rotatable bonds is 70. The topological polar surface area (TPSA) is 237 Å². The third kappa shape index (κ3) is 74.2. The summed E-state index contributed by atoms with van der Waals surface area (Å²) in [6.45, 7) is 4.21. The fraction of sp³-hybridized carbons (Fsp3) is 0.576. The fourth-order valence-electron chi connectivity index (χ4n) is 9.32. The Kier molecular flexibility index (Phi) is 70.7. The second-order valence-electron chi connectivity index (χ2n) is 24.8. The summed E-state index contributed by atoms with van der Waals surface area (Å²) < 4.78 is 68.4. The van der Waals surface area contributed by atoms with Gasteiger partial charge in [0.1, 0.15) is 19.3 Å². The highest BCUT2D eigenvalue weighted by atomic mass is 31.2. The van der Waals surface area contributed by atoms with Crippen LogP contribution in [0.5, 0.6) is 0 Å². The van der Waals surface area contributed by atoms with E-state index in [4.69, 9.17) is 37.0 Å². The number of unbranched alkanes of at least 4 members (excludes halogenated alkanes) is 12. The molecule has 0 fully saturated rings. The number of carbonyl (C=O) groups excluding carboxylic acids is 4. The van der Waals surface area contributed by atoms with E-state index in [9.17, 15) is 43.2 Å². The number of aliphatic hydroxyl groups is 1. The Morgan fingerprint density at radius 2 is 0.490 bits per heavy atom. The van der Waals surface area contributed by atoms with Gasteiger partial charge in [0.2, 0.25) is 0 Å². The van der Waals surface area contributed by atoms with E-state index in [0.29, 0.717) is 38.5 Å². The number of aliphatic hydroxyl groups excluding tert-OH is 1. The van der Waals surface area contributed by atoms with Crippen LogP contribution in [0.1, 0.15) is 259 Å². The van der Waals surface area contributed by atoms with Crippen molar-refractivity contribution >= 4 is 39.5 Å². The molecule has 5 atom stereocenters. The van der Waals surface area contributed by atoms with Crippen molar-refractivity contribution in [2.45, 2.75) is 277 Å². The molecule has 0 radical (unpaired) electrons. The summed E-state index contributed by atoms with van der Waals surface area (Å²) in [5.74, 6) is -2.38. The molecule has 0 amide bonds. The van der Waals surface area contributed by atoms with Crippen molar-refractivity contribution in [3.8, 4) is 0 Å². The molecule has 0 aromatic rings. The van der Waals surface area contributed by atoms with E-state index in [-0.39, 0.29) is 25.7 Å². The molecular weight excluding hydrogens is 1350 g/mol. The van der Waals surface area contributed by atoms with Gasteiger partial charge < -0.3 is 33.8 Å². The van der Waals surface area contributed by atoms with E-state index >= 15 is 0 Å². The first-order valence-corrected chi connectivity index (χ1v) is 41.7. The number of esters is 4. The third-order valence-corrected chi connectivity index (χ3v) is 17.0. The van der Waals surface area contributed by atoms with Crippen LogP contribution in [0.2, 0.25) is 0 Å². The molecule has 104 heavy (non-hydrogen) atoms. The smallest absolute Gasteiger partial charge is 0.462 e. The Bertz CT molecular complexity index is 2740. The molecule has 0 heterocycles. The minimum atomic E-state index is -5.02. The highest BCUT2D eigenvalue weighted by Gasteiger charge is 2.30.